The minimum Gasteiger partial charge on any atom is -0.472 e. The SMILES string of the molecule is CC(=O)N(C)C[C@H]1Oc2ncc(C#CC3(O)CCCC3)cc2C(=O)N([C@@H](C)CO)C[C@@H]1C. The van der Waals surface area contributed by atoms with Gasteiger partial charge in [-0.3, -0.25) is 9.59 Å². The molecule has 3 rings (SSSR count). The van der Waals surface area contributed by atoms with Gasteiger partial charge in [0.25, 0.3) is 5.91 Å². The van der Waals surface area contributed by atoms with Crippen LogP contribution in [0.4, 0.5) is 0 Å². The van der Waals surface area contributed by atoms with E-state index in [4.69, 9.17) is 4.74 Å². The average Bonchev–Trinajstić information content (AvgIpc) is 3.20. The summed E-state index contributed by atoms with van der Waals surface area (Å²) in [5.74, 6) is 5.62. The van der Waals surface area contributed by atoms with Crippen molar-refractivity contribution in [3.05, 3.63) is 23.4 Å². The molecule has 8 nitrogen and oxygen atoms in total. The van der Waals surface area contributed by atoms with Crippen LogP contribution in [0.15, 0.2) is 12.3 Å². The first-order valence-corrected chi connectivity index (χ1v) is 11.2. The summed E-state index contributed by atoms with van der Waals surface area (Å²) in [6, 6.07) is 1.24. The van der Waals surface area contributed by atoms with E-state index in [1.807, 2.05) is 6.92 Å². The lowest BCUT2D eigenvalue weighted by Crippen LogP contribution is -2.50. The van der Waals surface area contributed by atoms with Crippen molar-refractivity contribution in [3.8, 4) is 17.7 Å². The summed E-state index contributed by atoms with van der Waals surface area (Å²) in [4.78, 5) is 32.7. The number of nitrogens with zero attached hydrogens (tertiary/aromatic N) is 3. The second-order valence-electron chi connectivity index (χ2n) is 9.09. The summed E-state index contributed by atoms with van der Waals surface area (Å²) in [5, 5.41) is 20.2. The quantitative estimate of drug-likeness (QED) is 0.683. The Balaban J connectivity index is 1.98. The number of rotatable bonds is 4. The number of pyridine rings is 1. The highest BCUT2D eigenvalue weighted by molar-refractivity contribution is 5.97. The van der Waals surface area contributed by atoms with Gasteiger partial charge in [0.1, 0.15) is 17.3 Å². The van der Waals surface area contributed by atoms with Gasteiger partial charge in [0.15, 0.2) is 0 Å². The molecule has 2 amide bonds. The van der Waals surface area contributed by atoms with Crippen LogP contribution in [0.2, 0.25) is 0 Å². The average molecular weight is 444 g/mol. The Labute approximate surface area is 189 Å². The number of fused-ring (bicyclic) bond motifs is 1. The molecule has 0 unspecified atom stereocenters. The molecule has 1 aliphatic heterocycles. The zero-order valence-electron chi connectivity index (χ0n) is 19.3. The van der Waals surface area contributed by atoms with E-state index < -0.39 is 11.6 Å². The molecule has 174 valence electrons. The van der Waals surface area contributed by atoms with E-state index in [1.54, 1.807) is 29.8 Å². The van der Waals surface area contributed by atoms with E-state index in [0.717, 1.165) is 12.8 Å². The Kier molecular flexibility index (Phi) is 7.42. The molecular formula is C24H33N3O5. The molecule has 2 aliphatic rings. The zero-order chi connectivity index (χ0) is 23.5. The van der Waals surface area contributed by atoms with Crippen LogP contribution in [0.25, 0.3) is 0 Å². The molecule has 3 atom stereocenters. The Bertz CT molecular complexity index is 916. The summed E-state index contributed by atoms with van der Waals surface area (Å²) in [5.41, 5.74) is -0.207. The van der Waals surface area contributed by atoms with Crippen LogP contribution in [-0.4, -0.2) is 81.3 Å². The van der Waals surface area contributed by atoms with E-state index in [1.165, 1.54) is 13.1 Å². The Morgan fingerprint density at radius 1 is 1.44 bits per heavy atom. The molecule has 0 saturated heterocycles. The maximum atomic E-state index is 13.4. The van der Waals surface area contributed by atoms with Gasteiger partial charge < -0.3 is 24.7 Å². The van der Waals surface area contributed by atoms with Gasteiger partial charge in [-0.05, 0) is 38.7 Å². The molecule has 1 fully saturated rings. The molecule has 2 heterocycles. The molecule has 1 aromatic heterocycles. The van der Waals surface area contributed by atoms with Gasteiger partial charge in [-0.25, -0.2) is 4.98 Å². The normalized spacial score (nSPS) is 23.2. The highest BCUT2D eigenvalue weighted by atomic mass is 16.5. The Morgan fingerprint density at radius 2 is 2.12 bits per heavy atom. The van der Waals surface area contributed by atoms with Gasteiger partial charge in [0.05, 0.1) is 19.2 Å². The van der Waals surface area contributed by atoms with Gasteiger partial charge in [-0.1, -0.05) is 18.8 Å². The van der Waals surface area contributed by atoms with Crippen LogP contribution in [0, 0.1) is 17.8 Å². The molecule has 0 aromatic carbocycles. The number of amides is 2. The van der Waals surface area contributed by atoms with Crippen molar-refractivity contribution in [2.24, 2.45) is 5.92 Å². The molecule has 0 radical (unpaired) electrons. The van der Waals surface area contributed by atoms with E-state index in [-0.39, 0.29) is 41.9 Å². The maximum Gasteiger partial charge on any atom is 0.259 e. The van der Waals surface area contributed by atoms with Crippen molar-refractivity contribution in [2.45, 2.75) is 64.2 Å². The fraction of sp³-hybridized carbons (Fsp3) is 0.625. The fourth-order valence-electron chi connectivity index (χ4n) is 4.06. The number of aliphatic hydroxyl groups is 2. The maximum absolute atomic E-state index is 13.4. The molecule has 8 heteroatoms. The second-order valence-corrected chi connectivity index (χ2v) is 9.09. The van der Waals surface area contributed by atoms with Crippen LogP contribution < -0.4 is 4.74 Å². The van der Waals surface area contributed by atoms with E-state index in [9.17, 15) is 19.8 Å². The smallest absolute Gasteiger partial charge is 0.259 e. The summed E-state index contributed by atoms with van der Waals surface area (Å²) in [7, 11) is 1.71. The number of carbonyl (C=O) groups excluding carboxylic acids is 2. The number of aromatic nitrogens is 1. The first kappa shape index (κ1) is 24.0. The monoisotopic (exact) mass is 443 g/mol. The van der Waals surface area contributed by atoms with Gasteiger partial charge in [0, 0.05) is 38.2 Å². The summed E-state index contributed by atoms with van der Waals surface area (Å²) >= 11 is 0. The van der Waals surface area contributed by atoms with Crippen LogP contribution in [0.5, 0.6) is 5.88 Å². The highest BCUT2D eigenvalue weighted by Gasteiger charge is 2.34. The summed E-state index contributed by atoms with van der Waals surface area (Å²) in [6.45, 7) is 5.78. The number of aliphatic hydroxyl groups excluding tert-OH is 1. The largest absolute Gasteiger partial charge is 0.472 e. The number of hydrogen-bond donors (Lipinski definition) is 2. The van der Waals surface area contributed by atoms with Crippen molar-refractivity contribution >= 4 is 11.8 Å². The number of carbonyl (C=O) groups is 2. The third-order valence-electron chi connectivity index (χ3n) is 6.38. The Morgan fingerprint density at radius 3 is 2.75 bits per heavy atom. The van der Waals surface area contributed by atoms with Crippen molar-refractivity contribution in [1.82, 2.24) is 14.8 Å². The minimum absolute atomic E-state index is 0.0804. The minimum atomic E-state index is -0.986. The van der Waals surface area contributed by atoms with Gasteiger partial charge >= 0.3 is 0 Å². The third kappa shape index (κ3) is 5.40. The van der Waals surface area contributed by atoms with E-state index in [0.29, 0.717) is 31.5 Å². The van der Waals surface area contributed by atoms with Gasteiger partial charge in [-0.2, -0.15) is 0 Å². The molecule has 1 aromatic rings. The number of ether oxygens (including phenoxy) is 1. The van der Waals surface area contributed by atoms with Crippen LogP contribution in [-0.2, 0) is 4.79 Å². The van der Waals surface area contributed by atoms with Crippen LogP contribution in [0.3, 0.4) is 0 Å². The van der Waals surface area contributed by atoms with E-state index in [2.05, 4.69) is 16.8 Å². The van der Waals surface area contributed by atoms with Gasteiger partial charge in [-0.15, -0.1) is 0 Å². The highest BCUT2D eigenvalue weighted by Crippen LogP contribution is 2.30. The molecule has 1 saturated carbocycles. The second kappa shape index (κ2) is 9.88. The first-order chi connectivity index (χ1) is 15.1. The van der Waals surface area contributed by atoms with E-state index >= 15 is 0 Å². The molecular weight excluding hydrogens is 410 g/mol. The van der Waals surface area contributed by atoms with Crippen molar-refractivity contribution < 1.29 is 24.5 Å². The topological polar surface area (TPSA) is 103 Å². The lowest BCUT2D eigenvalue weighted by atomic mass is 9.99. The molecule has 1 aliphatic carbocycles. The summed E-state index contributed by atoms with van der Waals surface area (Å²) in [6.07, 6.45) is 4.34. The Hall–Kier alpha value is -2.63. The predicted octanol–water partition coefficient (Wildman–Crippen LogP) is 1.44. The fourth-order valence-corrected chi connectivity index (χ4v) is 4.06. The van der Waals surface area contributed by atoms with Crippen molar-refractivity contribution in [1.29, 1.82) is 0 Å². The molecule has 2 N–H and O–H groups in total. The number of hydrogen-bond acceptors (Lipinski definition) is 6. The van der Waals surface area contributed by atoms with Crippen LogP contribution >= 0.6 is 0 Å². The summed E-state index contributed by atoms with van der Waals surface area (Å²) < 4.78 is 6.14. The van der Waals surface area contributed by atoms with Gasteiger partial charge in [0.2, 0.25) is 11.8 Å². The third-order valence-corrected chi connectivity index (χ3v) is 6.38. The zero-order valence-corrected chi connectivity index (χ0v) is 19.3. The molecule has 0 bridgehead atoms. The standard InChI is InChI=1S/C24H33N3O5/c1-16-13-27(17(2)15-28)23(30)20-11-19(7-10-24(31)8-5-6-9-24)12-25-22(20)32-21(16)14-26(4)18(3)29/h11-12,16-17,21,28,31H,5-6,8-9,13-15H2,1-4H3/t16-,17-,21+/m0/s1. The lowest BCUT2D eigenvalue weighted by Gasteiger charge is -2.37. The lowest BCUT2D eigenvalue weighted by molar-refractivity contribution is -0.129. The first-order valence-electron chi connectivity index (χ1n) is 11.2. The van der Waals surface area contributed by atoms with Crippen LogP contribution in [0.1, 0.15) is 62.4 Å². The number of likely N-dealkylation sites (N-methyl/N-ethyl adjacent to an activating group) is 1. The van der Waals surface area contributed by atoms with Crippen molar-refractivity contribution in [2.75, 3.05) is 26.7 Å². The molecule has 32 heavy (non-hydrogen) atoms. The van der Waals surface area contributed by atoms with Crippen molar-refractivity contribution in [3.63, 3.8) is 0 Å². The predicted molar refractivity (Wildman–Crippen MR) is 119 cm³/mol. The molecule has 0 spiro atoms.